The van der Waals surface area contributed by atoms with Gasteiger partial charge in [0.25, 0.3) is 7.82 Å². The maximum Gasteiger partial charge on any atom is 1.00 e. The molecule has 0 aliphatic heterocycles. The zero-order chi connectivity index (χ0) is 43.2. The molecular formula is C46H90NaO10P. The van der Waals surface area contributed by atoms with Crippen LogP contribution in [0.2, 0.25) is 0 Å². The Kier molecular flexibility index (Phi) is 37.7. The van der Waals surface area contributed by atoms with E-state index < -0.39 is 51.8 Å². The van der Waals surface area contributed by atoms with Gasteiger partial charge in [0.1, 0.15) is 12.7 Å². The first kappa shape index (κ1) is 60.1. The Hall–Kier alpha value is -0.0300. The molecule has 0 amide bonds. The number of phosphoric ester groups is 1. The van der Waals surface area contributed by atoms with Crippen LogP contribution in [-0.2, 0) is 32.7 Å². The molecule has 0 aromatic rings. The Bertz CT molecular complexity index is 1050. The van der Waals surface area contributed by atoms with Crippen molar-refractivity contribution in [1.29, 1.82) is 0 Å². The van der Waals surface area contributed by atoms with Crippen molar-refractivity contribution in [3.05, 3.63) is 0 Å². The number of phosphoric acid groups is 1. The summed E-state index contributed by atoms with van der Waals surface area (Å²) in [4.78, 5) is 38.0. The molecule has 12 heteroatoms. The van der Waals surface area contributed by atoms with Gasteiger partial charge < -0.3 is 33.6 Å². The maximum absolute atomic E-state index is 13.0. The van der Waals surface area contributed by atoms with E-state index >= 15 is 0 Å². The number of hydrogen-bond acceptors (Lipinski definition) is 10. The van der Waals surface area contributed by atoms with Gasteiger partial charge in [-0.2, -0.15) is 0 Å². The summed E-state index contributed by atoms with van der Waals surface area (Å²) in [5.74, 6) is 3.60. The first-order valence-electron chi connectivity index (χ1n) is 23.1. The molecule has 9 atom stereocenters. The smallest absolute Gasteiger partial charge is 0.756 e. The number of carbonyl (C=O) groups excluding carboxylic acids is 2. The molecule has 0 spiro atoms. The molecule has 0 aromatic carbocycles. The minimum atomic E-state index is -4.90. The fourth-order valence-electron chi connectivity index (χ4n) is 7.40. The van der Waals surface area contributed by atoms with E-state index in [1.807, 2.05) is 13.8 Å². The fourth-order valence-corrected chi connectivity index (χ4v) is 8.17. The van der Waals surface area contributed by atoms with Gasteiger partial charge in [-0.1, -0.05) is 185 Å². The molecule has 0 saturated carbocycles. The van der Waals surface area contributed by atoms with Crippen molar-refractivity contribution in [3.63, 3.8) is 0 Å². The standard InChI is InChI=1S/C46H91O10P.Na/c1-35(2)17-11-19-37(5)21-13-23-39(7)25-15-27-41(9)29-45(49)53-33-44(34-55-57(51,52)54-32-43(48)31-47)56-46(50)30-42(10)28-16-26-40(8)24-14-22-38(6)20-12-18-36(3)4;/h35-44,47-48H,11-34H2,1-10H3,(H,51,52);/q;+1/p-1/t37?,38?,39?,40?,41?,42?,43?,44-;/m1./s1. The summed E-state index contributed by atoms with van der Waals surface area (Å²) in [7, 11) is -4.90. The first-order valence-corrected chi connectivity index (χ1v) is 24.5. The average molecular weight is 857 g/mol. The molecule has 0 heterocycles. The second-order valence-corrected chi connectivity index (χ2v) is 20.5. The van der Waals surface area contributed by atoms with E-state index in [1.54, 1.807) is 0 Å². The van der Waals surface area contributed by atoms with Crippen molar-refractivity contribution in [2.24, 2.45) is 47.3 Å². The average Bonchev–Trinajstić information content (AvgIpc) is 3.11. The molecule has 340 valence electrons. The topological polar surface area (TPSA) is 152 Å². The zero-order valence-electron chi connectivity index (χ0n) is 39.4. The Balaban J connectivity index is 0. The monoisotopic (exact) mass is 857 g/mol. The number of rotatable bonds is 38. The summed E-state index contributed by atoms with van der Waals surface area (Å²) in [6.45, 7) is 20.2. The van der Waals surface area contributed by atoms with E-state index in [4.69, 9.17) is 19.1 Å². The van der Waals surface area contributed by atoms with Crippen LogP contribution >= 0.6 is 7.82 Å². The molecule has 10 nitrogen and oxygen atoms in total. The molecule has 0 saturated heterocycles. The molecule has 58 heavy (non-hydrogen) atoms. The SMILES string of the molecule is CC(C)CCCC(C)CCCC(C)CCCC(C)CC(=O)OC[C@H](COP(=O)([O-])OCC(O)CO)OC(=O)CC(C)CCCC(C)CCCC(C)CCCC(C)C.[Na+]. The van der Waals surface area contributed by atoms with Crippen molar-refractivity contribution in [2.45, 2.75) is 210 Å². The summed E-state index contributed by atoms with van der Waals surface area (Å²) in [6.07, 6.45) is 19.2. The fraction of sp³-hybridized carbons (Fsp3) is 0.957. The number of hydrogen-bond donors (Lipinski definition) is 2. The number of esters is 2. The van der Waals surface area contributed by atoms with Gasteiger partial charge in [-0.3, -0.25) is 14.2 Å². The largest absolute Gasteiger partial charge is 1.00 e. The van der Waals surface area contributed by atoms with Gasteiger partial charge in [0.2, 0.25) is 0 Å². The summed E-state index contributed by atoms with van der Waals surface area (Å²) in [5, 5.41) is 18.4. The summed E-state index contributed by atoms with van der Waals surface area (Å²) < 4.78 is 32.9. The molecular weight excluding hydrogens is 766 g/mol. The predicted octanol–water partition coefficient (Wildman–Crippen LogP) is 8.23. The number of ether oxygens (including phenoxy) is 2. The molecule has 0 radical (unpaired) electrons. The Morgan fingerprint density at radius 2 is 0.845 bits per heavy atom. The second kappa shape index (κ2) is 36.5. The zero-order valence-corrected chi connectivity index (χ0v) is 42.2. The molecule has 0 aliphatic rings. The van der Waals surface area contributed by atoms with Crippen LogP contribution in [0.15, 0.2) is 0 Å². The number of aliphatic hydroxyl groups is 2. The Morgan fingerprint density at radius 3 is 1.21 bits per heavy atom. The normalized spacial score (nSPS) is 17.1. The van der Waals surface area contributed by atoms with Crippen molar-refractivity contribution in [1.82, 2.24) is 0 Å². The van der Waals surface area contributed by atoms with Gasteiger partial charge in [-0.15, -0.1) is 0 Å². The van der Waals surface area contributed by atoms with Crippen LogP contribution < -0.4 is 34.5 Å². The maximum atomic E-state index is 13.0. The third kappa shape index (κ3) is 37.7. The summed E-state index contributed by atoms with van der Waals surface area (Å²) in [5.41, 5.74) is 0. The Labute approximate surface area is 378 Å². The van der Waals surface area contributed by atoms with Crippen LogP contribution in [0.4, 0.5) is 0 Å². The molecule has 2 N–H and O–H groups in total. The van der Waals surface area contributed by atoms with Crippen LogP contribution in [0.25, 0.3) is 0 Å². The van der Waals surface area contributed by atoms with Gasteiger partial charge in [0.05, 0.1) is 19.8 Å². The van der Waals surface area contributed by atoms with Crippen LogP contribution in [0.3, 0.4) is 0 Å². The van der Waals surface area contributed by atoms with Gasteiger partial charge in [-0.25, -0.2) is 0 Å². The van der Waals surface area contributed by atoms with E-state index in [0.29, 0.717) is 11.8 Å². The van der Waals surface area contributed by atoms with Crippen LogP contribution in [0.1, 0.15) is 198 Å². The molecule has 0 fully saturated rings. The molecule has 0 aromatic heterocycles. The van der Waals surface area contributed by atoms with Gasteiger partial charge in [0.15, 0.2) is 6.10 Å². The van der Waals surface area contributed by atoms with E-state index in [1.165, 1.54) is 77.0 Å². The third-order valence-electron chi connectivity index (χ3n) is 11.3. The minimum absolute atomic E-state index is 0. The summed E-state index contributed by atoms with van der Waals surface area (Å²) in [6, 6.07) is 0. The van der Waals surface area contributed by atoms with E-state index in [9.17, 15) is 24.2 Å². The van der Waals surface area contributed by atoms with Crippen LogP contribution in [0, 0.1) is 47.3 Å². The summed E-state index contributed by atoms with van der Waals surface area (Å²) >= 11 is 0. The second-order valence-electron chi connectivity index (χ2n) is 19.1. The van der Waals surface area contributed by atoms with Gasteiger partial charge in [-0.05, 0) is 47.3 Å². The quantitative estimate of drug-likeness (QED) is 0.0353. The Morgan fingerprint density at radius 1 is 0.517 bits per heavy atom. The van der Waals surface area contributed by atoms with Crippen molar-refractivity contribution >= 4 is 19.8 Å². The van der Waals surface area contributed by atoms with E-state index in [0.717, 1.165) is 62.2 Å². The molecule has 0 bridgehead atoms. The van der Waals surface area contributed by atoms with Crippen molar-refractivity contribution in [3.8, 4) is 0 Å². The molecule has 8 unspecified atom stereocenters. The minimum Gasteiger partial charge on any atom is -0.756 e. The van der Waals surface area contributed by atoms with Crippen LogP contribution in [0.5, 0.6) is 0 Å². The number of carbonyl (C=O) groups is 2. The van der Waals surface area contributed by atoms with Gasteiger partial charge in [0, 0.05) is 12.8 Å². The van der Waals surface area contributed by atoms with Crippen molar-refractivity contribution in [2.75, 3.05) is 26.4 Å². The van der Waals surface area contributed by atoms with E-state index in [2.05, 4.69) is 59.9 Å². The first-order chi connectivity index (χ1) is 26.8. The predicted molar refractivity (Wildman–Crippen MR) is 230 cm³/mol. The van der Waals surface area contributed by atoms with Gasteiger partial charge >= 0.3 is 41.5 Å². The van der Waals surface area contributed by atoms with Crippen molar-refractivity contribution < 1.29 is 77.3 Å². The van der Waals surface area contributed by atoms with Crippen LogP contribution in [-0.4, -0.2) is 60.8 Å². The molecule has 0 rings (SSSR count). The third-order valence-corrected chi connectivity index (χ3v) is 12.3. The number of aliphatic hydroxyl groups excluding tert-OH is 2. The molecule has 0 aliphatic carbocycles. The van der Waals surface area contributed by atoms with E-state index in [-0.39, 0.29) is 60.8 Å².